The molecule has 1 aromatic heterocycles. The number of amides is 2. The number of imidazole rings is 1. The number of piperidine rings is 1. The average molecular weight is 344 g/mol. The molecule has 25 heavy (non-hydrogen) atoms. The molecular weight excluding hydrogens is 316 g/mol. The van der Waals surface area contributed by atoms with E-state index in [-0.39, 0.29) is 12.1 Å². The molecule has 2 aromatic rings. The summed E-state index contributed by atoms with van der Waals surface area (Å²) in [6.45, 7) is 7.22. The van der Waals surface area contributed by atoms with Gasteiger partial charge in [0.25, 0.3) is 0 Å². The van der Waals surface area contributed by atoms with Gasteiger partial charge in [-0.2, -0.15) is 0 Å². The third-order valence-corrected chi connectivity index (χ3v) is 5.15. The Morgan fingerprint density at radius 3 is 2.96 bits per heavy atom. The number of carbonyl (C=O) groups is 1. The Morgan fingerprint density at radius 1 is 1.40 bits per heavy atom. The summed E-state index contributed by atoms with van der Waals surface area (Å²) in [4.78, 5) is 19.0. The molecule has 0 aliphatic carbocycles. The van der Waals surface area contributed by atoms with Crippen LogP contribution in [0.25, 0.3) is 11.0 Å². The summed E-state index contributed by atoms with van der Waals surface area (Å²) < 4.78 is 7.70. The molecule has 0 saturated carbocycles. The molecule has 1 fully saturated rings. The van der Waals surface area contributed by atoms with Crippen molar-refractivity contribution in [3.63, 3.8) is 0 Å². The number of aromatic nitrogens is 2. The number of likely N-dealkylation sites (tertiary alicyclic amines) is 1. The minimum atomic E-state index is -0.00638. The van der Waals surface area contributed by atoms with Crippen LogP contribution in [-0.4, -0.2) is 53.3 Å². The fourth-order valence-electron chi connectivity index (χ4n) is 3.59. The van der Waals surface area contributed by atoms with Crippen LogP contribution < -0.4 is 5.32 Å². The van der Waals surface area contributed by atoms with Gasteiger partial charge in [-0.25, -0.2) is 9.78 Å². The van der Waals surface area contributed by atoms with Crippen molar-refractivity contribution in [1.29, 1.82) is 0 Å². The van der Waals surface area contributed by atoms with Crippen molar-refractivity contribution in [2.45, 2.75) is 39.3 Å². The molecule has 6 nitrogen and oxygen atoms in total. The Bertz CT molecular complexity index is 727. The first kappa shape index (κ1) is 17.7. The first-order chi connectivity index (χ1) is 12.1. The number of para-hydroxylation sites is 2. The fraction of sp³-hybridized carbons (Fsp3) is 0.579. The molecular formula is C19H28N4O2. The highest BCUT2D eigenvalue weighted by Gasteiger charge is 2.28. The summed E-state index contributed by atoms with van der Waals surface area (Å²) in [6.07, 6.45) is 1.84. The van der Waals surface area contributed by atoms with E-state index in [1.165, 1.54) is 0 Å². The highest BCUT2D eigenvalue weighted by Crippen LogP contribution is 2.19. The van der Waals surface area contributed by atoms with E-state index >= 15 is 0 Å². The standard InChI is InChI=1S/C19H28N4O2/c1-4-23-16-8-6-5-7-15(16)21-18(23)9-11-20-19(24)22-12-10-14(2)17(13-22)25-3/h5-8,14,17H,4,9-13H2,1-3H3,(H,20,24)/t14-,17+/m1/s1. The fourth-order valence-corrected chi connectivity index (χ4v) is 3.59. The van der Waals surface area contributed by atoms with Gasteiger partial charge >= 0.3 is 6.03 Å². The van der Waals surface area contributed by atoms with Gasteiger partial charge in [-0.3, -0.25) is 0 Å². The number of hydrogen-bond donors (Lipinski definition) is 1. The number of benzene rings is 1. The molecule has 1 aromatic carbocycles. The SMILES string of the molecule is CCn1c(CCNC(=O)N2CC[C@@H](C)[C@@H](OC)C2)nc2ccccc21. The number of rotatable bonds is 5. The molecule has 0 unspecified atom stereocenters. The first-order valence-corrected chi connectivity index (χ1v) is 9.13. The van der Waals surface area contributed by atoms with E-state index in [0.29, 0.717) is 19.0 Å². The Morgan fingerprint density at radius 2 is 2.20 bits per heavy atom. The maximum absolute atomic E-state index is 12.4. The number of ether oxygens (including phenoxy) is 1. The van der Waals surface area contributed by atoms with Gasteiger partial charge in [0.05, 0.1) is 17.1 Å². The minimum absolute atomic E-state index is 0.00638. The second-order valence-electron chi connectivity index (χ2n) is 6.73. The van der Waals surface area contributed by atoms with Gasteiger partial charge in [-0.1, -0.05) is 19.1 Å². The van der Waals surface area contributed by atoms with E-state index < -0.39 is 0 Å². The number of carbonyl (C=O) groups excluding carboxylic acids is 1. The molecule has 0 bridgehead atoms. The Hall–Kier alpha value is -2.08. The summed E-state index contributed by atoms with van der Waals surface area (Å²) >= 11 is 0. The molecule has 2 heterocycles. The maximum Gasteiger partial charge on any atom is 0.317 e. The van der Waals surface area contributed by atoms with E-state index in [1.54, 1.807) is 7.11 Å². The van der Waals surface area contributed by atoms with Gasteiger partial charge in [0, 0.05) is 39.7 Å². The molecule has 3 rings (SSSR count). The second-order valence-corrected chi connectivity index (χ2v) is 6.73. The van der Waals surface area contributed by atoms with Crippen LogP contribution >= 0.6 is 0 Å². The van der Waals surface area contributed by atoms with Crippen LogP contribution in [0, 0.1) is 5.92 Å². The first-order valence-electron chi connectivity index (χ1n) is 9.13. The van der Waals surface area contributed by atoms with Gasteiger partial charge in [-0.15, -0.1) is 0 Å². The van der Waals surface area contributed by atoms with Crippen molar-refractivity contribution in [3.8, 4) is 0 Å². The van der Waals surface area contributed by atoms with Crippen molar-refractivity contribution in [2.75, 3.05) is 26.7 Å². The zero-order valence-electron chi connectivity index (χ0n) is 15.4. The third kappa shape index (κ3) is 3.79. The third-order valence-electron chi connectivity index (χ3n) is 5.15. The molecule has 1 aliphatic heterocycles. The molecule has 1 saturated heterocycles. The monoisotopic (exact) mass is 344 g/mol. The van der Waals surface area contributed by atoms with Crippen molar-refractivity contribution in [1.82, 2.24) is 19.8 Å². The van der Waals surface area contributed by atoms with Crippen molar-refractivity contribution in [3.05, 3.63) is 30.1 Å². The number of methoxy groups -OCH3 is 1. The van der Waals surface area contributed by atoms with Gasteiger partial charge in [-0.05, 0) is 31.4 Å². The lowest BCUT2D eigenvalue weighted by Crippen LogP contribution is -2.50. The van der Waals surface area contributed by atoms with Crippen molar-refractivity contribution < 1.29 is 9.53 Å². The number of hydrogen-bond acceptors (Lipinski definition) is 3. The zero-order chi connectivity index (χ0) is 17.8. The molecule has 0 radical (unpaired) electrons. The van der Waals surface area contributed by atoms with Crippen molar-refractivity contribution >= 4 is 17.1 Å². The van der Waals surface area contributed by atoms with Crippen LogP contribution in [-0.2, 0) is 17.7 Å². The maximum atomic E-state index is 12.4. The van der Waals surface area contributed by atoms with E-state index in [9.17, 15) is 4.79 Å². The lowest BCUT2D eigenvalue weighted by molar-refractivity contribution is 0.00721. The Kier molecular flexibility index (Phi) is 5.58. The van der Waals surface area contributed by atoms with Gasteiger partial charge < -0.3 is 19.5 Å². The van der Waals surface area contributed by atoms with E-state index in [0.717, 1.165) is 42.8 Å². The van der Waals surface area contributed by atoms with Gasteiger partial charge in [0.1, 0.15) is 5.82 Å². The number of nitrogens with one attached hydrogen (secondary N) is 1. The normalized spacial score (nSPS) is 20.8. The summed E-state index contributed by atoms with van der Waals surface area (Å²) in [5, 5.41) is 3.03. The Balaban J connectivity index is 1.57. The second kappa shape index (κ2) is 7.87. The van der Waals surface area contributed by atoms with Crippen LogP contribution in [0.15, 0.2) is 24.3 Å². The Labute approximate surface area is 149 Å². The smallest absolute Gasteiger partial charge is 0.317 e. The predicted molar refractivity (Wildman–Crippen MR) is 98.7 cm³/mol. The molecule has 136 valence electrons. The average Bonchev–Trinajstić information content (AvgIpc) is 2.99. The van der Waals surface area contributed by atoms with Gasteiger partial charge in [0.15, 0.2) is 0 Å². The summed E-state index contributed by atoms with van der Waals surface area (Å²) in [7, 11) is 1.72. The molecule has 0 spiro atoms. The van der Waals surface area contributed by atoms with Crippen LogP contribution in [0.4, 0.5) is 4.79 Å². The van der Waals surface area contributed by atoms with E-state index in [2.05, 4.69) is 29.8 Å². The quantitative estimate of drug-likeness (QED) is 0.907. The molecule has 1 aliphatic rings. The number of urea groups is 1. The predicted octanol–water partition coefficient (Wildman–Crippen LogP) is 2.67. The highest BCUT2D eigenvalue weighted by atomic mass is 16.5. The van der Waals surface area contributed by atoms with Crippen LogP contribution in [0.2, 0.25) is 0 Å². The lowest BCUT2D eigenvalue weighted by Gasteiger charge is -2.36. The van der Waals surface area contributed by atoms with Crippen molar-refractivity contribution in [2.24, 2.45) is 5.92 Å². The molecule has 2 atom stereocenters. The topological polar surface area (TPSA) is 59.4 Å². The minimum Gasteiger partial charge on any atom is -0.379 e. The number of fused-ring (bicyclic) bond motifs is 1. The summed E-state index contributed by atoms with van der Waals surface area (Å²) in [5.74, 6) is 1.52. The van der Waals surface area contributed by atoms with E-state index in [1.807, 2.05) is 23.1 Å². The molecule has 6 heteroatoms. The highest BCUT2D eigenvalue weighted by molar-refractivity contribution is 5.76. The number of aryl methyl sites for hydroxylation is 1. The lowest BCUT2D eigenvalue weighted by atomic mass is 9.96. The van der Waals surface area contributed by atoms with Crippen LogP contribution in [0.1, 0.15) is 26.1 Å². The van der Waals surface area contributed by atoms with Crippen LogP contribution in [0.5, 0.6) is 0 Å². The largest absolute Gasteiger partial charge is 0.379 e. The summed E-state index contributed by atoms with van der Waals surface area (Å²) in [5.41, 5.74) is 2.16. The number of nitrogens with zero attached hydrogens (tertiary/aromatic N) is 3. The molecule has 2 amide bonds. The van der Waals surface area contributed by atoms with E-state index in [4.69, 9.17) is 9.72 Å². The van der Waals surface area contributed by atoms with Crippen LogP contribution in [0.3, 0.4) is 0 Å². The zero-order valence-corrected chi connectivity index (χ0v) is 15.4. The van der Waals surface area contributed by atoms with Gasteiger partial charge in [0.2, 0.25) is 0 Å². The summed E-state index contributed by atoms with van der Waals surface area (Å²) in [6, 6.07) is 8.15. The molecule has 1 N–H and O–H groups in total.